The molecule has 0 aliphatic heterocycles. The van der Waals surface area contributed by atoms with E-state index in [9.17, 15) is 0 Å². The molecule has 3 aromatic rings. The molecular formula is C13H13BrN4OS. The molecule has 3 rings (SSSR count). The highest BCUT2D eigenvalue weighted by Gasteiger charge is 2.13. The summed E-state index contributed by atoms with van der Waals surface area (Å²) in [5.41, 5.74) is 10.0. The molecule has 2 N–H and O–H groups in total. The van der Waals surface area contributed by atoms with Crippen LogP contribution in [0.25, 0.3) is 11.1 Å². The zero-order valence-corrected chi connectivity index (χ0v) is 13.5. The third-order valence-electron chi connectivity index (χ3n) is 2.99. The largest absolute Gasteiger partial charge is 0.431 e. The van der Waals surface area contributed by atoms with Crippen molar-refractivity contribution in [3.63, 3.8) is 0 Å². The number of fused-ring (bicyclic) bond motifs is 1. The molecule has 0 unspecified atom stereocenters. The lowest BCUT2D eigenvalue weighted by Crippen LogP contribution is -1.96. The van der Waals surface area contributed by atoms with Crippen molar-refractivity contribution in [2.75, 3.05) is 5.73 Å². The molecule has 0 aliphatic rings. The van der Waals surface area contributed by atoms with Gasteiger partial charge < -0.3 is 10.2 Å². The van der Waals surface area contributed by atoms with Crippen LogP contribution in [0.3, 0.4) is 0 Å². The highest BCUT2D eigenvalue weighted by atomic mass is 79.9. The number of halogens is 1. The van der Waals surface area contributed by atoms with E-state index in [-0.39, 0.29) is 0 Å². The summed E-state index contributed by atoms with van der Waals surface area (Å²) in [5, 5.41) is 5.00. The Hall–Kier alpha value is -1.47. The Morgan fingerprint density at radius 3 is 2.95 bits per heavy atom. The molecule has 0 fully saturated rings. The number of aromatic nitrogens is 3. The van der Waals surface area contributed by atoms with Gasteiger partial charge in [-0.05, 0) is 41.1 Å². The number of nitrogens with zero attached hydrogens (tertiary/aromatic N) is 3. The first-order chi connectivity index (χ1) is 9.54. The number of thioether (sulfide) groups is 1. The van der Waals surface area contributed by atoms with Gasteiger partial charge in [-0.25, -0.2) is 4.98 Å². The molecule has 0 amide bonds. The van der Waals surface area contributed by atoms with Gasteiger partial charge in [-0.1, -0.05) is 11.8 Å². The maximum absolute atomic E-state index is 5.73. The van der Waals surface area contributed by atoms with E-state index < -0.39 is 0 Å². The van der Waals surface area contributed by atoms with E-state index in [2.05, 4.69) is 26.0 Å². The Labute approximate surface area is 128 Å². The minimum absolute atomic E-state index is 0.636. The van der Waals surface area contributed by atoms with Crippen LogP contribution in [0.5, 0.6) is 0 Å². The first kappa shape index (κ1) is 13.5. The van der Waals surface area contributed by atoms with Gasteiger partial charge in [0, 0.05) is 18.5 Å². The number of oxazole rings is 1. The van der Waals surface area contributed by atoms with Crippen LogP contribution in [-0.4, -0.2) is 14.8 Å². The van der Waals surface area contributed by atoms with E-state index in [4.69, 9.17) is 10.2 Å². The van der Waals surface area contributed by atoms with E-state index in [0.717, 1.165) is 32.7 Å². The summed E-state index contributed by atoms with van der Waals surface area (Å²) in [4.78, 5) is 4.43. The summed E-state index contributed by atoms with van der Waals surface area (Å²) in [6, 6.07) is 5.46. The molecule has 0 saturated carbocycles. The minimum Gasteiger partial charge on any atom is -0.431 e. The predicted molar refractivity (Wildman–Crippen MR) is 83.6 cm³/mol. The minimum atomic E-state index is 0.636. The Morgan fingerprint density at radius 1 is 1.45 bits per heavy atom. The zero-order valence-electron chi connectivity index (χ0n) is 11.1. The molecule has 0 aliphatic carbocycles. The predicted octanol–water partition coefficient (Wildman–Crippen LogP) is 3.51. The van der Waals surface area contributed by atoms with Crippen LogP contribution in [-0.2, 0) is 12.8 Å². The molecule has 0 radical (unpaired) electrons. The summed E-state index contributed by atoms with van der Waals surface area (Å²) in [7, 11) is 1.93. The van der Waals surface area contributed by atoms with Crippen LogP contribution in [0.1, 0.15) is 11.4 Å². The van der Waals surface area contributed by atoms with Gasteiger partial charge in [0.15, 0.2) is 5.58 Å². The van der Waals surface area contributed by atoms with Gasteiger partial charge >= 0.3 is 0 Å². The summed E-state index contributed by atoms with van der Waals surface area (Å²) < 4.78 is 8.59. The fourth-order valence-corrected chi connectivity index (χ4v) is 3.52. The van der Waals surface area contributed by atoms with Gasteiger partial charge in [-0.2, -0.15) is 5.10 Å². The van der Waals surface area contributed by atoms with Gasteiger partial charge in [-0.15, -0.1) is 0 Å². The lowest BCUT2D eigenvalue weighted by atomic mass is 10.3. The lowest BCUT2D eigenvalue weighted by molar-refractivity contribution is 0.489. The van der Waals surface area contributed by atoms with Crippen molar-refractivity contribution in [2.45, 2.75) is 17.9 Å². The Kier molecular flexibility index (Phi) is 3.47. The summed E-state index contributed by atoms with van der Waals surface area (Å²) in [6.07, 6.45) is 0. The molecule has 1 aromatic carbocycles. The Bertz CT molecular complexity index is 780. The van der Waals surface area contributed by atoms with Crippen molar-refractivity contribution in [3.05, 3.63) is 34.1 Å². The van der Waals surface area contributed by atoms with Gasteiger partial charge in [0.2, 0.25) is 0 Å². The average Bonchev–Trinajstić information content (AvgIpc) is 2.89. The molecule has 0 bridgehead atoms. The summed E-state index contributed by atoms with van der Waals surface area (Å²) in [5.74, 6) is 0.736. The Morgan fingerprint density at radius 2 is 2.25 bits per heavy atom. The molecule has 0 atom stereocenters. The van der Waals surface area contributed by atoms with Gasteiger partial charge in [0.25, 0.3) is 5.22 Å². The van der Waals surface area contributed by atoms with E-state index in [1.807, 2.05) is 36.9 Å². The smallest absolute Gasteiger partial charge is 0.257 e. The van der Waals surface area contributed by atoms with Gasteiger partial charge in [-0.3, -0.25) is 4.68 Å². The average molecular weight is 353 g/mol. The van der Waals surface area contributed by atoms with E-state index >= 15 is 0 Å². The number of aryl methyl sites for hydroxylation is 2. The number of hydrogen-bond donors (Lipinski definition) is 1. The number of nitrogens with two attached hydrogens (primary N) is 1. The monoisotopic (exact) mass is 352 g/mol. The van der Waals surface area contributed by atoms with Gasteiger partial charge in [0.05, 0.1) is 15.9 Å². The zero-order chi connectivity index (χ0) is 14.3. The van der Waals surface area contributed by atoms with E-state index in [1.54, 1.807) is 0 Å². The number of hydrogen-bond acceptors (Lipinski definition) is 5. The van der Waals surface area contributed by atoms with Crippen LogP contribution < -0.4 is 5.73 Å². The van der Waals surface area contributed by atoms with Crippen molar-refractivity contribution in [2.24, 2.45) is 7.05 Å². The molecule has 0 spiro atoms. The highest BCUT2D eigenvalue weighted by Crippen LogP contribution is 2.30. The molecule has 0 saturated heterocycles. The van der Waals surface area contributed by atoms with Crippen molar-refractivity contribution >= 4 is 44.5 Å². The summed E-state index contributed by atoms with van der Waals surface area (Å²) >= 11 is 5.09. The van der Waals surface area contributed by atoms with Crippen LogP contribution in [0.2, 0.25) is 0 Å². The van der Waals surface area contributed by atoms with Crippen molar-refractivity contribution in [1.29, 1.82) is 0 Å². The number of nitrogen functional groups attached to an aromatic ring is 1. The SMILES string of the molecule is Cc1nn(C)c(CSc2nc3cc(N)ccc3o2)c1Br. The first-order valence-electron chi connectivity index (χ1n) is 6.01. The quantitative estimate of drug-likeness (QED) is 0.576. The standard InChI is InChI=1S/C13H13BrN4OS/c1-7-12(14)10(18(2)17-7)6-20-13-16-9-5-8(15)3-4-11(9)19-13/h3-5H,6,15H2,1-2H3. The third kappa shape index (κ3) is 2.43. The first-order valence-corrected chi connectivity index (χ1v) is 7.79. The maximum atomic E-state index is 5.73. The molecule has 2 aromatic heterocycles. The maximum Gasteiger partial charge on any atom is 0.257 e. The fourth-order valence-electron chi connectivity index (χ4n) is 1.95. The molecule has 104 valence electrons. The lowest BCUT2D eigenvalue weighted by Gasteiger charge is -1.99. The molecule has 2 heterocycles. The number of anilines is 1. The van der Waals surface area contributed by atoms with E-state index in [1.165, 1.54) is 11.8 Å². The number of benzene rings is 1. The van der Waals surface area contributed by atoms with Crippen molar-refractivity contribution in [1.82, 2.24) is 14.8 Å². The number of rotatable bonds is 3. The van der Waals surface area contributed by atoms with Gasteiger partial charge in [0.1, 0.15) is 5.52 Å². The fraction of sp³-hybridized carbons (Fsp3) is 0.231. The summed E-state index contributed by atoms with van der Waals surface area (Å²) in [6.45, 7) is 1.97. The third-order valence-corrected chi connectivity index (χ3v) is 4.86. The van der Waals surface area contributed by atoms with Crippen LogP contribution >= 0.6 is 27.7 Å². The highest BCUT2D eigenvalue weighted by molar-refractivity contribution is 9.10. The van der Waals surface area contributed by atoms with Crippen LogP contribution in [0.4, 0.5) is 5.69 Å². The van der Waals surface area contributed by atoms with Crippen molar-refractivity contribution in [3.8, 4) is 0 Å². The van der Waals surface area contributed by atoms with Crippen molar-refractivity contribution < 1.29 is 4.42 Å². The molecule has 7 heteroatoms. The second kappa shape index (κ2) is 5.14. The topological polar surface area (TPSA) is 69.9 Å². The van der Waals surface area contributed by atoms with E-state index in [0.29, 0.717) is 10.9 Å². The second-order valence-electron chi connectivity index (χ2n) is 4.47. The normalized spacial score (nSPS) is 11.3. The van der Waals surface area contributed by atoms with Crippen LogP contribution in [0, 0.1) is 6.92 Å². The van der Waals surface area contributed by atoms with Crippen LogP contribution in [0.15, 0.2) is 32.3 Å². The Balaban J connectivity index is 1.83. The second-order valence-corrected chi connectivity index (χ2v) is 6.18. The molecule has 20 heavy (non-hydrogen) atoms. The molecule has 5 nitrogen and oxygen atoms in total. The molecular weight excluding hydrogens is 340 g/mol.